The molecule has 0 unspecified atom stereocenters. The summed E-state index contributed by atoms with van der Waals surface area (Å²) >= 11 is 14.0. The van der Waals surface area contributed by atoms with Gasteiger partial charge < -0.3 is 0 Å². The first-order chi connectivity index (χ1) is 9.54. The highest BCUT2D eigenvalue weighted by molar-refractivity contribution is 9.11. The van der Waals surface area contributed by atoms with Gasteiger partial charge in [0.2, 0.25) is 0 Å². The Hall–Kier alpha value is -0.300. The predicted molar refractivity (Wildman–Crippen MR) is 94.2 cm³/mol. The maximum absolute atomic E-state index is 4.59. The molecule has 0 aliphatic carbocycles. The van der Waals surface area contributed by atoms with Crippen LogP contribution in [0.2, 0.25) is 0 Å². The zero-order chi connectivity index (χ0) is 14.3. The van der Waals surface area contributed by atoms with Crippen LogP contribution >= 0.6 is 63.7 Å². The number of halogens is 4. The highest BCUT2D eigenvalue weighted by atomic mass is 79.9. The van der Waals surface area contributed by atoms with Crippen LogP contribution in [0.25, 0.3) is 12.4 Å². The smallest absolute Gasteiger partial charge is 0.0860 e. The Balaban J connectivity index is 2.47. The van der Waals surface area contributed by atoms with Crippen LogP contribution in [0.5, 0.6) is 0 Å². The maximum atomic E-state index is 4.59. The van der Waals surface area contributed by atoms with Crippen molar-refractivity contribution < 1.29 is 0 Å². The lowest BCUT2D eigenvalue weighted by Gasteiger charge is -2.00. The van der Waals surface area contributed by atoms with Gasteiger partial charge in [0.25, 0.3) is 0 Å². The van der Waals surface area contributed by atoms with E-state index in [0.29, 0.717) is 0 Å². The Morgan fingerprint density at radius 2 is 1.00 bits per heavy atom. The SMILES string of the molecule is Brc1cc(Br)c2/c(c1)=C\N=c1\c(Br)cc(Br)c\c1=C\N=2. The molecule has 100 valence electrons. The summed E-state index contributed by atoms with van der Waals surface area (Å²) in [4.78, 5) is 9.17. The van der Waals surface area contributed by atoms with Crippen LogP contribution in [0, 0.1) is 0 Å². The molecule has 0 radical (unpaired) electrons. The van der Waals surface area contributed by atoms with Crippen molar-refractivity contribution in [2.24, 2.45) is 9.98 Å². The first-order valence-corrected chi connectivity index (χ1v) is 8.78. The van der Waals surface area contributed by atoms with E-state index in [9.17, 15) is 0 Å². The van der Waals surface area contributed by atoms with Gasteiger partial charge in [0.1, 0.15) is 0 Å². The molecule has 3 rings (SSSR count). The Morgan fingerprint density at radius 3 is 1.40 bits per heavy atom. The Kier molecular flexibility index (Phi) is 4.26. The summed E-state index contributed by atoms with van der Waals surface area (Å²) < 4.78 is 3.84. The lowest BCUT2D eigenvalue weighted by molar-refractivity contribution is 1.23. The van der Waals surface area contributed by atoms with E-state index < -0.39 is 0 Å². The van der Waals surface area contributed by atoms with E-state index in [4.69, 9.17) is 0 Å². The molecule has 1 heterocycles. The second kappa shape index (κ2) is 5.83. The molecular formula is C14H6Br4N2. The summed E-state index contributed by atoms with van der Waals surface area (Å²) in [5, 5.41) is 3.67. The molecule has 0 N–H and O–H groups in total. The van der Waals surface area contributed by atoms with Gasteiger partial charge in [-0.25, -0.2) is 0 Å². The van der Waals surface area contributed by atoms with Crippen LogP contribution in [-0.4, -0.2) is 0 Å². The van der Waals surface area contributed by atoms with Crippen molar-refractivity contribution >= 4 is 76.1 Å². The quantitative estimate of drug-likeness (QED) is 0.509. The molecule has 0 fully saturated rings. The molecule has 2 aromatic rings. The standard InChI is InChI=1S/C14H6Br4N2/c15-9-1-7-5-19-14-8(2-10(16)4-12(14)18)6-20-13(7)11(17)3-9/h1-6H/b7-5-,8-6-,19-5?,19-14+,20-6?,20-13+. The normalized spacial score (nSPS) is 19.4. The average molecular weight is 522 g/mol. The van der Waals surface area contributed by atoms with Crippen molar-refractivity contribution in [1.29, 1.82) is 0 Å². The van der Waals surface area contributed by atoms with E-state index in [1.54, 1.807) is 0 Å². The molecule has 1 aliphatic heterocycles. The molecule has 20 heavy (non-hydrogen) atoms. The zero-order valence-corrected chi connectivity index (χ0v) is 16.2. The Morgan fingerprint density at radius 1 is 0.600 bits per heavy atom. The van der Waals surface area contributed by atoms with E-state index in [1.165, 1.54) is 0 Å². The second-order valence-electron chi connectivity index (χ2n) is 4.17. The molecule has 0 saturated carbocycles. The summed E-state index contributed by atoms with van der Waals surface area (Å²) in [5.74, 6) is 0. The molecule has 0 saturated heterocycles. The third-order valence-electron chi connectivity index (χ3n) is 2.78. The van der Waals surface area contributed by atoms with Crippen LogP contribution in [-0.2, 0) is 0 Å². The summed E-state index contributed by atoms with van der Waals surface area (Å²) in [7, 11) is 0. The second-order valence-corrected chi connectivity index (χ2v) is 7.71. The fourth-order valence-corrected chi connectivity index (χ4v) is 4.63. The van der Waals surface area contributed by atoms with Crippen LogP contribution in [0.1, 0.15) is 0 Å². The largest absolute Gasteiger partial charge is 0.254 e. The van der Waals surface area contributed by atoms with Crippen molar-refractivity contribution in [3.63, 3.8) is 0 Å². The average Bonchev–Trinajstić information content (AvgIpc) is 2.33. The number of benzene rings is 2. The number of hydrogen-bond donors (Lipinski definition) is 0. The number of hydrogen-bond acceptors (Lipinski definition) is 2. The first-order valence-electron chi connectivity index (χ1n) is 5.61. The molecule has 0 amide bonds. The van der Waals surface area contributed by atoms with Crippen LogP contribution < -0.4 is 21.2 Å². The van der Waals surface area contributed by atoms with Crippen molar-refractivity contribution in [1.82, 2.24) is 0 Å². The minimum atomic E-state index is 0.874. The lowest BCUT2D eigenvalue weighted by Crippen LogP contribution is -2.31. The summed E-state index contributed by atoms with van der Waals surface area (Å²) in [6, 6.07) is 7.95. The van der Waals surface area contributed by atoms with Crippen LogP contribution in [0.4, 0.5) is 0 Å². The number of fused-ring (bicyclic) bond motifs is 2. The fraction of sp³-hybridized carbons (Fsp3) is 0. The molecule has 1 aliphatic rings. The Bertz CT molecular complexity index is 869. The fourth-order valence-electron chi connectivity index (χ4n) is 1.91. The van der Waals surface area contributed by atoms with Crippen molar-refractivity contribution in [3.8, 4) is 0 Å². The molecule has 0 spiro atoms. The molecule has 0 aromatic heterocycles. The molecular weight excluding hydrogens is 516 g/mol. The van der Waals surface area contributed by atoms with E-state index in [1.807, 2.05) is 36.7 Å². The maximum Gasteiger partial charge on any atom is 0.0860 e. The topological polar surface area (TPSA) is 24.7 Å². The van der Waals surface area contributed by atoms with Crippen LogP contribution in [0.3, 0.4) is 0 Å². The lowest BCUT2D eigenvalue weighted by atomic mass is 10.2. The van der Waals surface area contributed by atoms with Gasteiger partial charge in [-0.3, -0.25) is 9.98 Å². The number of nitrogens with zero attached hydrogens (tertiary/aromatic N) is 2. The highest BCUT2D eigenvalue weighted by Gasteiger charge is 2.01. The summed E-state index contributed by atoms with van der Waals surface area (Å²) in [6.45, 7) is 0. The third-order valence-corrected chi connectivity index (χ3v) is 4.91. The van der Waals surface area contributed by atoms with E-state index in [2.05, 4.69) is 73.7 Å². The molecule has 0 bridgehead atoms. The van der Waals surface area contributed by atoms with Gasteiger partial charge in [-0.15, -0.1) is 0 Å². The van der Waals surface area contributed by atoms with E-state index in [0.717, 1.165) is 39.0 Å². The Labute approximate surface area is 148 Å². The van der Waals surface area contributed by atoms with Gasteiger partial charge in [0, 0.05) is 40.7 Å². The van der Waals surface area contributed by atoms with E-state index >= 15 is 0 Å². The van der Waals surface area contributed by atoms with Gasteiger partial charge in [-0.05, 0) is 56.1 Å². The molecule has 2 nitrogen and oxygen atoms in total. The number of rotatable bonds is 0. The molecule has 6 heteroatoms. The predicted octanol–water partition coefficient (Wildman–Crippen LogP) is 3.17. The molecule has 0 atom stereocenters. The van der Waals surface area contributed by atoms with Gasteiger partial charge in [0.05, 0.1) is 10.7 Å². The minimum Gasteiger partial charge on any atom is -0.254 e. The van der Waals surface area contributed by atoms with Gasteiger partial charge in [-0.2, -0.15) is 0 Å². The summed E-state index contributed by atoms with van der Waals surface area (Å²) in [5.41, 5.74) is 0. The van der Waals surface area contributed by atoms with Crippen molar-refractivity contribution in [3.05, 3.63) is 63.3 Å². The van der Waals surface area contributed by atoms with E-state index in [-0.39, 0.29) is 0 Å². The van der Waals surface area contributed by atoms with Crippen molar-refractivity contribution in [2.45, 2.75) is 0 Å². The molecule has 2 aromatic carbocycles. The van der Waals surface area contributed by atoms with Gasteiger partial charge in [-0.1, -0.05) is 31.9 Å². The van der Waals surface area contributed by atoms with Crippen LogP contribution in [0.15, 0.2) is 52.1 Å². The minimum absolute atomic E-state index is 0.874. The monoisotopic (exact) mass is 518 g/mol. The summed E-state index contributed by atoms with van der Waals surface area (Å²) in [6.07, 6.45) is 3.66. The third kappa shape index (κ3) is 2.84. The van der Waals surface area contributed by atoms with Gasteiger partial charge in [0.15, 0.2) is 0 Å². The van der Waals surface area contributed by atoms with Gasteiger partial charge >= 0.3 is 0 Å². The highest BCUT2D eigenvalue weighted by Crippen LogP contribution is 2.12. The first kappa shape index (κ1) is 14.6. The zero-order valence-electron chi connectivity index (χ0n) is 9.87. The van der Waals surface area contributed by atoms with Crippen molar-refractivity contribution in [2.75, 3.05) is 0 Å².